The molecule has 2 aliphatic rings. The van der Waals surface area contributed by atoms with Gasteiger partial charge >= 0.3 is 6.18 Å². The lowest BCUT2D eigenvalue weighted by molar-refractivity contribution is -0.137. The van der Waals surface area contributed by atoms with Gasteiger partial charge in [0.05, 0.1) is 48.3 Å². The van der Waals surface area contributed by atoms with Gasteiger partial charge in [0.15, 0.2) is 5.69 Å². The van der Waals surface area contributed by atoms with Crippen LogP contribution < -0.4 is 10.1 Å². The molecule has 0 radical (unpaired) electrons. The molecule has 2 aromatic heterocycles. The predicted octanol–water partition coefficient (Wildman–Crippen LogP) is 3.88. The molecule has 172 valence electrons. The van der Waals surface area contributed by atoms with Crippen LogP contribution in [-0.2, 0) is 30.5 Å². The van der Waals surface area contributed by atoms with Crippen molar-refractivity contribution in [1.82, 2.24) is 20.1 Å². The lowest BCUT2D eigenvalue weighted by Crippen LogP contribution is -2.43. The van der Waals surface area contributed by atoms with Gasteiger partial charge in [0.2, 0.25) is 0 Å². The fourth-order valence-electron chi connectivity index (χ4n) is 4.04. The predicted molar refractivity (Wildman–Crippen MR) is 112 cm³/mol. The van der Waals surface area contributed by atoms with Gasteiger partial charge in [-0.15, -0.1) is 0 Å². The molecule has 0 spiro atoms. The maximum absolute atomic E-state index is 13.2. The lowest BCUT2D eigenvalue weighted by Gasteiger charge is -2.26. The Morgan fingerprint density at radius 2 is 2.09 bits per heavy atom. The molecule has 1 unspecified atom stereocenters. The van der Waals surface area contributed by atoms with Gasteiger partial charge in [0.25, 0.3) is 5.91 Å². The highest BCUT2D eigenvalue weighted by Crippen LogP contribution is 2.35. The molecule has 0 bridgehead atoms. The number of benzene rings is 1. The van der Waals surface area contributed by atoms with Crippen molar-refractivity contribution in [1.29, 1.82) is 0 Å². The Bertz CT molecular complexity index is 1230. The summed E-state index contributed by atoms with van der Waals surface area (Å²) >= 11 is 6.06. The van der Waals surface area contributed by atoms with Crippen molar-refractivity contribution in [2.45, 2.75) is 31.8 Å². The summed E-state index contributed by atoms with van der Waals surface area (Å²) in [6.45, 7) is 1.35. The van der Waals surface area contributed by atoms with E-state index in [9.17, 15) is 18.0 Å². The minimum atomic E-state index is -4.46. The molecule has 4 heterocycles. The maximum Gasteiger partial charge on any atom is 0.416 e. The minimum Gasteiger partial charge on any atom is -0.491 e. The van der Waals surface area contributed by atoms with E-state index in [0.717, 1.165) is 12.1 Å². The van der Waals surface area contributed by atoms with E-state index in [1.807, 2.05) is 0 Å². The molecule has 1 atom stereocenters. The summed E-state index contributed by atoms with van der Waals surface area (Å²) < 4.78 is 52.1. The van der Waals surface area contributed by atoms with Crippen LogP contribution in [0.1, 0.15) is 27.3 Å². The number of fused-ring (bicyclic) bond motifs is 2. The Labute approximate surface area is 191 Å². The van der Waals surface area contributed by atoms with E-state index in [1.54, 1.807) is 22.9 Å². The van der Waals surface area contributed by atoms with Gasteiger partial charge in [-0.25, -0.2) is 4.98 Å². The Kier molecular flexibility index (Phi) is 5.49. The Morgan fingerprint density at radius 3 is 2.88 bits per heavy atom. The minimum absolute atomic E-state index is 0.130. The van der Waals surface area contributed by atoms with Crippen molar-refractivity contribution in [2.75, 3.05) is 13.2 Å². The van der Waals surface area contributed by atoms with E-state index in [0.29, 0.717) is 41.4 Å². The van der Waals surface area contributed by atoms with Crippen molar-refractivity contribution in [3.8, 4) is 17.0 Å². The van der Waals surface area contributed by atoms with Crippen LogP contribution in [0.3, 0.4) is 0 Å². The molecule has 5 rings (SSSR count). The van der Waals surface area contributed by atoms with Crippen LogP contribution in [0.5, 0.6) is 5.75 Å². The van der Waals surface area contributed by atoms with Gasteiger partial charge in [0.1, 0.15) is 17.5 Å². The molecule has 7 nitrogen and oxygen atoms in total. The number of alkyl halides is 3. The fraction of sp³-hybridized carbons (Fsp3) is 0.318. The fourth-order valence-corrected chi connectivity index (χ4v) is 4.20. The van der Waals surface area contributed by atoms with Crippen LogP contribution in [0.15, 0.2) is 36.4 Å². The highest BCUT2D eigenvalue weighted by Gasteiger charge is 2.33. The van der Waals surface area contributed by atoms with Crippen LogP contribution in [0.25, 0.3) is 11.3 Å². The molecule has 2 aliphatic heterocycles. The molecule has 0 saturated heterocycles. The molecule has 0 aliphatic carbocycles. The van der Waals surface area contributed by atoms with Gasteiger partial charge in [-0.3, -0.25) is 9.48 Å². The van der Waals surface area contributed by atoms with Gasteiger partial charge in [-0.2, -0.15) is 18.3 Å². The van der Waals surface area contributed by atoms with Crippen molar-refractivity contribution in [3.05, 3.63) is 64.1 Å². The molecule has 0 saturated carbocycles. The molecular formula is C22H18ClF3N4O3. The van der Waals surface area contributed by atoms with Crippen molar-refractivity contribution in [3.63, 3.8) is 0 Å². The average molecular weight is 479 g/mol. The summed E-state index contributed by atoms with van der Waals surface area (Å²) in [7, 11) is 0. The SMILES string of the molecule is O=C(NC1COc2ccc(C(F)(F)F)cc2C1)c1nn2c(c1-c1cccc(Cl)n1)COCC2. The van der Waals surface area contributed by atoms with E-state index >= 15 is 0 Å². The van der Waals surface area contributed by atoms with E-state index in [-0.39, 0.29) is 30.5 Å². The zero-order valence-corrected chi connectivity index (χ0v) is 17.9. The molecule has 3 aromatic rings. The summed E-state index contributed by atoms with van der Waals surface area (Å²) in [5, 5.41) is 7.58. The molecule has 1 N–H and O–H groups in total. The third kappa shape index (κ3) is 4.28. The number of hydrogen-bond donors (Lipinski definition) is 1. The Morgan fingerprint density at radius 1 is 1.24 bits per heavy atom. The number of amides is 1. The summed E-state index contributed by atoms with van der Waals surface area (Å²) in [4.78, 5) is 17.5. The van der Waals surface area contributed by atoms with Gasteiger partial charge in [0, 0.05) is 0 Å². The number of carbonyl (C=O) groups excluding carboxylic acids is 1. The van der Waals surface area contributed by atoms with Crippen molar-refractivity contribution in [2.24, 2.45) is 0 Å². The number of carbonyl (C=O) groups is 1. The second-order valence-electron chi connectivity index (χ2n) is 7.80. The van der Waals surface area contributed by atoms with Crippen molar-refractivity contribution >= 4 is 17.5 Å². The summed E-state index contributed by atoms with van der Waals surface area (Å²) in [5.74, 6) is -0.0929. The second kappa shape index (κ2) is 8.35. The molecule has 1 amide bonds. The number of halogens is 4. The lowest BCUT2D eigenvalue weighted by atomic mass is 9.99. The summed E-state index contributed by atoms with van der Waals surface area (Å²) in [5.41, 5.74) is 1.50. The molecule has 11 heteroatoms. The number of ether oxygens (including phenoxy) is 2. The number of nitrogens with zero attached hydrogens (tertiary/aromatic N) is 3. The van der Waals surface area contributed by atoms with E-state index in [1.165, 1.54) is 6.07 Å². The molecule has 33 heavy (non-hydrogen) atoms. The zero-order chi connectivity index (χ0) is 23.2. The first-order valence-corrected chi connectivity index (χ1v) is 10.6. The molecular weight excluding hydrogens is 461 g/mol. The third-order valence-electron chi connectivity index (χ3n) is 5.56. The highest BCUT2D eigenvalue weighted by atomic mass is 35.5. The number of nitrogens with one attached hydrogen (secondary N) is 1. The van der Waals surface area contributed by atoms with Gasteiger partial charge in [-0.1, -0.05) is 17.7 Å². The topological polar surface area (TPSA) is 78.3 Å². The highest BCUT2D eigenvalue weighted by molar-refractivity contribution is 6.29. The van der Waals surface area contributed by atoms with Crippen LogP contribution in [0, 0.1) is 0 Å². The number of hydrogen-bond acceptors (Lipinski definition) is 5. The van der Waals surface area contributed by atoms with Crippen LogP contribution in [0.2, 0.25) is 5.15 Å². The normalized spacial score (nSPS) is 17.6. The zero-order valence-electron chi connectivity index (χ0n) is 17.2. The van der Waals surface area contributed by atoms with Crippen molar-refractivity contribution < 1.29 is 27.4 Å². The number of pyridine rings is 1. The van der Waals surface area contributed by atoms with Gasteiger partial charge in [-0.05, 0) is 42.3 Å². The van der Waals surface area contributed by atoms with Crippen LogP contribution in [-0.4, -0.2) is 39.9 Å². The maximum atomic E-state index is 13.2. The first-order chi connectivity index (χ1) is 15.8. The summed E-state index contributed by atoms with van der Waals surface area (Å²) in [6, 6.07) is 7.91. The number of aromatic nitrogens is 3. The Balaban J connectivity index is 1.43. The largest absolute Gasteiger partial charge is 0.491 e. The molecule has 0 fully saturated rings. The monoisotopic (exact) mass is 478 g/mol. The summed E-state index contributed by atoms with van der Waals surface area (Å²) in [6.07, 6.45) is -4.26. The van der Waals surface area contributed by atoms with Crippen LogP contribution >= 0.6 is 11.6 Å². The first kappa shape index (κ1) is 21.7. The van der Waals surface area contributed by atoms with E-state index < -0.39 is 23.7 Å². The quantitative estimate of drug-likeness (QED) is 0.578. The van der Waals surface area contributed by atoms with E-state index in [2.05, 4.69) is 15.4 Å². The van der Waals surface area contributed by atoms with E-state index in [4.69, 9.17) is 21.1 Å². The number of rotatable bonds is 3. The smallest absolute Gasteiger partial charge is 0.416 e. The molecule has 1 aromatic carbocycles. The van der Waals surface area contributed by atoms with Gasteiger partial charge < -0.3 is 14.8 Å². The Hall–Kier alpha value is -3.11. The third-order valence-corrected chi connectivity index (χ3v) is 5.77. The standard InChI is InChI=1S/C22H18ClF3N4O3/c23-18-3-1-2-15(28-18)19-16-11-32-7-6-30(16)29-20(19)21(31)27-14-9-12-8-13(22(24,25)26)4-5-17(12)33-10-14/h1-5,8,14H,6-7,9-11H2,(H,27,31). The first-order valence-electron chi connectivity index (χ1n) is 10.2. The second-order valence-corrected chi connectivity index (χ2v) is 8.18. The van der Waals surface area contributed by atoms with Crippen LogP contribution in [0.4, 0.5) is 13.2 Å². The average Bonchev–Trinajstić information content (AvgIpc) is 3.18.